The number of fused-ring (bicyclic) bond motifs is 1. The molecule has 3 aromatic rings. The van der Waals surface area contributed by atoms with Gasteiger partial charge in [0.1, 0.15) is 31.2 Å². The van der Waals surface area contributed by atoms with E-state index in [4.69, 9.17) is 20.7 Å². The molecule has 1 aliphatic rings. The molecule has 0 radical (unpaired) electrons. The van der Waals surface area contributed by atoms with Crippen LogP contribution in [0.25, 0.3) is 21.6 Å². The predicted octanol–water partition coefficient (Wildman–Crippen LogP) is 0.485. The number of aromatic nitrogens is 4. The lowest BCUT2D eigenvalue weighted by Gasteiger charge is -2.18. The molecule has 0 aliphatic carbocycles. The van der Waals surface area contributed by atoms with E-state index in [-0.39, 0.29) is 28.5 Å². The van der Waals surface area contributed by atoms with E-state index < -0.39 is 52.2 Å². The summed E-state index contributed by atoms with van der Waals surface area (Å²) in [5.74, 6) is -1.20. The molecule has 15 nitrogen and oxygen atoms in total. The smallest absolute Gasteiger partial charge is 0.338 e. The molecule has 4 N–H and O–H groups in total. The normalized spacial score (nSPS) is 22.4. The number of aliphatic hydroxyl groups is 2. The molecule has 0 saturated carbocycles. The van der Waals surface area contributed by atoms with E-state index >= 15 is 0 Å². The predicted molar refractivity (Wildman–Crippen MR) is 109 cm³/mol. The molecule has 3 heterocycles. The third-order valence-electron chi connectivity index (χ3n) is 4.96. The van der Waals surface area contributed by atoms with Crippen molar-refractivity contribution in [3.05, 3.63) is 46.6 Å². The number of nitrogen functional groups attached to an aromatic ring is 1. The number of nitrogens with zero attached hydrogens (tertiary/aromatic N) is 7. The van der Waals surface area contributed by atoms with E-state index in [0.717, 1.165) is 35.2 Å². The number of azide groups is 1. The third kappa shape index (κ3) is 4.20. The van der Waals surface area contributed by atoms with E-state index in [2.05, 4.69) is 25.0 Å². The van der Waals surface area contributed by atoms with Crippen LogP contribution in [0.5, 0.6) is 0 Å². The molecule has 2 aromatic heterocycles. The molecule has 4 unspecified atom stereocenters. The third-order valence-corrected chi connectivity index (χ3v) is 5.80. The number of esters is 1. The van der Waals surface area contributed by atoms with Crippen molar-refractivity contribution in [1.82, 2.24) is 19.5 Å². The lowest BCUT2D eigenvalue weighted by molar-refractivity contribution is -0.0558. The Balaban J connectivity index is 1.53. The quantitative estimate of drug-likeness (QED) is 0.140. The Morgan fingerprint density at radius 1 is 1.29 bits per heavy atom. The Kier molecular flexibility index (Phi) is 6.03. The van der Waals surface area contributed by atoms with Gasteiger partial charge < -0.3 is 25.4 Å². The lowest BCUT2D eigenvalue weighted by Crippen LogP contribution is -2.34. The highest BCUT2D eigenvalue weighted by atomic mass is 32.3. The zero-order valence-corrected chi connectivity index (χ0v) is 17.6. The highest BCUT2D eigenvalue weighted by Gasteiger charge is 2.45. The molecule has 4 rings (SSSR count). The molecule has 0 spiro atoms. The van der Waals surface area contributed by atoms with Crippen LogP contribution in [0.15, 0.2) is 40.6 Å². The van der Waals surface area contributed by atoms with Crippen molar-refractivity contribution in [3.63, 3.8) is 0 Å². The van der Waals surface area contributed by atoms with E-state index in [1.54, 1.807) is 0 Å². The largest absolute Gasteiger partial charge is 0.459 e. The van der Waals surface area contributed by atoms with Gasteiger partial charge in [0.15, 0.2) is 23.2 Å². The molecular formula is C17H15FN8O7S. The standard InChI is InChI=1S/C17H15FN8O7S/c18-34(30,31)8-3-1-7(2-4-8)16(29)32-5-9-11(27)12(28)15(33-9)26-14-10(13(19)21-6-22-14)23-17(26)24-25-20/h1-4,6,9,11-12,15,27-28H,5H2,(H2,19,21,22). The number of imidazole rings is 1. The maximum Gasteiger partial charge on any atom is 0.338 e. The Bertz CT molecular complexity index is 1410. The monoisotopic (exact) mass is 494 g/mol. The first kappa shape index (κ1) is 23.3. The van der Waals surface area contributed by atoms with Crippen LogP contribution in [-0.4, -0.2) is 69.0 Å². The van der Waals surface area contributed by atoms with Gasteiger partial charge in [0, 0.05) is 4.91 Å². The molecule has 1 aromatic carbocycles. The molecule has 34 heavy (non-hydrogen) atoms. The molecule has 0 amide bonds. The van der Waals surface area contributed by atoms with Crippen LogP contribution < -0.4 is 5.73 Å². The summed E-state index contributed by atoms with van der Waals surface area (Å²) in [6.07, 6.45) is -4.55. The van der Waals surface area contributed by atoms with Crippen molar-refractivity contribution >= 4 is 39.1 Å². The zero-order valence-electron chi connectivity index (χ0n) is 16.8. The van der Waals surface area contributed by atoms with Crippen molar-refractivity contribution in [1.29, 1.82) is 0 Å². The average molecular weight is 494 g/mol. The highest BCUT2D eigenvalue weighted by Crippen LogP contribution is 2.36. The van der Waals surface area contributed by atoms with Crippen molar-refractivity contribution in [2.24, 2.45) is 5.11 Å². The number of hydrogen-bond donors (Lipinski definition) is 3. The lowest BCUT2D eigenvalue weighted by atomic mass is 10.1. The first-order valence-electron chi connectivity index (χ1n) is 9.38. The Hall–Kier alpha value is -3.89. The summed E-state index contributed by atoms with van der Waals surface area (Å²) in [5.41, 5.74) is 14.7. The van der Waals surface area contributed by atoms with Crippen LogP contribution in [0.3, 0.4) is 0 Å². The minimum absolute atomic E-state index is 0.0248. The topological polar surface area (TPSA) is 229 Å². The van der Waals surface area contributed by atoms with Gasteiger partial charge >= 0.3 is 16.2 Å². The fraction of sp³-hybridized carbons (Fsp3) is 0.294. The number of carbonyl (C=O) groups excluding carboxylic acids is 1. The number of hydrogen-bond acceptors (Lipinski definition) is 12. The minimum Gasteiger partial charge on any atom is -0.459 e. The molecule has 178 valence electrons. The van der Waals surface area contributed by atoms with Gasteiger partial charge in [-0.2, -0.15) is 8.42 Å². The number of carbonyl (C=O) groups is 1. The molecule has 0 bridgehead atoms. The van der Waals surface area contributed by atoms with Gasteiger partial charge in [0.05, 0.1) is 10.5 Å². The summed E-state index contributed by atoms with van der Waals surface area (Å²) in [6, 6.07) is 3.88. The van der Waals surface area contributed by atoms with Crippen LogP contribution >= 0.6 is 0 Å². The number of nitrogens with two attached hydrogens (primary N) is 1. The van der Waals surface area contributed by atoms with Gasteiger partial charge in [-0.1, -0.05) is 0 Å². The van der Waals surface area contributed by atoms with Gasteiger partial charge in [0.25, 0.3) is 0 Å². The Morgan fingerprint density at radius 3 is 2.65 bits per heavy atom. The van der Waals surface area contributed by atoms with E-state index in [0.29, 0.717) is 0 Å². The molecule has 1 fully saturated rings. The molecule has 1 saturated heterocycles. The first-order valence-corrected chi connectivity index (χ1v) is 10.8. The van der Waals surface area contributed by atoms with Gasteiger partial charge in [-0.25, -0.2) is 19.7 Å². The number of halogens is 1. The van der Waals surface area contributed by atoms with Crippen molar-refractivity contribution in [3.8, 4) is 0 Å². The summed E-state index contributed by atoms with van der Waals surface area (Å²) in [6.45, 7) is -0.517. The average Bonchev–Trinajstić information content (AvgIpc) is 3.30. The number of rotatable bonds is 6. The molecule has 1 aliphatic heterocycles. The number of ether oxygens (including phenoxy) is 2. The van der Waals surface area contributed by atoms with Gasteiger partial charge in [-0.15, -0.1) is 3.89 Å². The second-order valence-corrected chi connectivity index (χ2v) is 8.36. The SMILES string of the molecule is [N-]=[N+]=Nc1nc2c(N)ncnc2n1C1OC(COC(=O)c2ccc(S(=O)(=O)F)cc2)C(O)C1O. The fourth-order valence-corrected chi connectivity index (χ4v) is 3.80. The Morgan fingerprint density at radius 2 is 2.00 bits per heavy atom. The summed E-state index contributed by atoms with van der Waals surface area (Å²) < 4.78 is 46.6. The Labute approximate surface area is 189 Å². The maximum atomic E-state index is 13.0. The first-order chi connectivity index (χ1) is 16.1. The number of benzene rings is 1. The fourth-order valence-electron chi connectivity index (χ4n) is 3.33. The van der Waals surface area contributed by atoms with Crippen molar-refractivity contribution in [2.45, 2.75) is 29.4 Å². The van der Waals surface area contributed by atoms with Crippen LogP contribution in [-0.2, 0) is 19.7 Å². The van der Waals surface area contributed by atoms with Crippen LogP contribution in [0.2, 0.25) is 0 Å². The zero-order chi connectivity index (χ0) is 24.6. The van der Waals surface area contributed by atoms with Crippen LogP contribution in [0.1, 0.15) is 16.6 Å². The van der Waals surface area contributed by atoms with Gasteiger partial charge in [-0.05, 0) is 34.9 Å². The number of anilines is 1. The van der Waals surface area contributed by atoms with E-state index in [1.807, 2.05) is 0 Å². The van der Waals surface area contributed by atoms with E-state index in [9.17, 15) is 27.3 Å². The van der Waals surface area contributed by atoms with Crippen LogP contribution in [0, 0.1) is 0 Å². The van der Waals surface area contributed by atoms with Crippen molar-refractivity contribution in [2.75, 3.05) is 12.3 Å². The second-order valence-electron chi connectivity index (χ2n) is 7.01. The van der Waals surface area contributed by atoms with Gasteiger partial charge in [0.2, 0.25) is 5.95 Å². The molecular weight excluding hydrogens is 479 g/mol. The number of aliphatic hydroxyl groups excluding tert-OH is 2. The summed E-state index contributed by atoms with van der Waals surface area (Å²) in [7, 11) is -4.93. The maximum absolute atomic E-state index is 13.0. The molecule has 17 heteroatoms. The van der Waals surface area contributed by atoms with Gasteiger partial charge in [-0.3, -0.25) is 4.57 Å². The second kappa shape index (κ2) is 8.81. The minimum atomic E-state index is -4.93. The van der Waals surface area contributed by atoms with Crippen molar-refractivity contribution < 1.29 is 36.8 Å². The van der Waals surface area contributed by atoms with E-state index in [1.165, 1.54) is 0 Å². The summed E-state index contributed by atoms with van der Waals surface area (Å²) in [5, 5.41) is 24.4. The summed E-state index contributed by atoms with van der Waals surface area (Å²) >= 11 is 0. The summed E-state index contributed by atoms with van der Waals surface area (Å²) in [4.78, 5) is 26.1. The highest BCUT2D eigenvalue weighted by molar-refractivity contribution is 7.86. The molecule has 4 atom stereocenters. The van der Waals surface area contributed by atoms with Crippen LogP contribution in [0.4, 0.5) is 15.7 Å².